The molecule has 12 unspecified atom stereocenters. The fourth-order valence-corrected chi connectivity index (χ4v) is 15.2. The van der Waals surface area contributed by atoms with Gasteiger partial charge in [0.25, 0.3) is 0 Å². The first-order valence-electron chi connectivity index (χ1n) is 31.9. The van der Waals surface area contributed by atoms with Crippen molar-refractivity contribution in [3.63, 3.8) is 0 Å². The van der Waals surface area contributed by atoms with Crippen molar-refractivity contribution in [1.82, 2.24) is 18.9 Å². The van der Waals surface area contributed by atoms with Gasteiger partial charge in [0.1, 0.15) is 147 Å². The summed E-state index contributed by atoms with van der Waals surface area (Å²) in [6.45, 7) is 1.83. The lowest BCUT2D eigenvalue weighted by Crippen LogP contribution is -2.67. The van der Waals surface area contributed by atoms with E-state index in [4.69, 9.17) is 96.8 Å². The van der Waals surface area contributed by atoms with E-state index in [0.717, 1.165) is 7.11 Å². The van der Waals surface area contributed by atoms with E-state index in [1.54, 1.807) is 0 Å². The number of methoxy groups -OCH3 is 1. The largest absolute Gasteiger partial charge is 0.397 e. The molecule has 0 aromatic carbocycles. The fraction of sp³-hybridized carbons (Fsp3) is 1.00. The first-order chi connectivity index (χ1) is 50.4. The van der Waals surface area contributed by atoms with Crippen LogP contribution in [0.3, 0.4) is 0 Å². The van der Waals surface area contributed by atoms with Gasteiger partial charge >= 0.3 is 20.8 Å². The molecule has 0 aliphatic carbocycles. The average molecular weight is 1680 g/mol. The van der Waals surface area contributed by atoms with Crippen LogP contribution in [0.1, 0.15) is 53.4 Å². The van der Waals surface area contributed by atoms with Crippen LogP contribution in [0.25, 0.3) is 0 Å². The van der Waals surface area contributed by atoms with E-state index in [-0.39, 0.29) is 55.3 Å². The summed E-state index contributed by atoms with van der Waals surface area (Å²) >= 11 is 0.838. The van der Waals surface area contributed by atoms with Crippen molar-refractivity contribution < 1.29 is 225 Å². The molecular weight excluding hydrogens is 1590 g/mol. The van der Waals surface area contributed by atoms with Crippen molar-refractivity contribution in [1.29, 1.82) is 0 Å². The maximum Gasteiger partial charge on any atom is 0.397 e. The third-order valence-electron chi connectivity index (χ3n) is 17.8. The van der Waals surface area contributed by atoms with Gasteiger partial charge < -0.3 is 132 Å². The normalized spacial score (nSPS) is 44.4. The van der Waals surface area contributed by atoms with Crippen molar-refractivity contribution in [3.8, 4) is 0 Å². The second-order valence-corrected chi connectivity index (χ2v) is 29.0. The maximum absolute atomic E-state index is 12.1. The van der Waals surface area contributed by atoms with Gasteiger partial charge in [0.05, 0.1) is 99.4 Å². The van der Waals surface area contributed by atoms with E-state index < -0.39 is 287 Å². The Morgan fingerprint density at radius 1 is 0.358 bits per heavy atom. The summed E-state index contributed by atoms with van der Waals surface area (Å²) in [5, 5.41) is 174. The lowest BCUT2D eigenvalue weighted by Gasteiger charge is -2.49. The lowest BCUT2D eigenvalue weighted by molar-refractivity contribution is -0.432. The van der Waals surface area contributed by atoms with E-state index in [0.29, 0.717) is 0 Å². The minimum Gasteiger partial charge on any atom is -0.394 e. The van der Waals surface area contributed by atoms with Gasteiger partial charge in [-0.3, -0.25) is 9.11 Å². The third-order valence-corrected chi connectivity index (χ3v) is 20.6. The third kappa shape index (κ3) is 24.7. The van der Waals surface area contributed by atoms with Crippen LogP contribution in [0.5, 0.6) is 0 Å². The fourth-order valence-electron chi connectivity index (χ4n) is 12.8. The second-order valence-electron chi connectivity index (χ2n) is 24.6. The Kier molecular flexibility index (Phi) is 36.8. The zero-order valence-electron chi connectivity index (χ0n) is 55.7. The van der Waals surface area contributed by atoms with Gasteiger partial charge in [0.15, 0.2) is 50.3 Å². The van der Waals surface area contributed by atoms with Gasteiger partial charge in [-0.2, -0.15) is 16.8 Å². The highest BCUT2D eigenvalue weighted by atomic mass is 32.3. The van der Waals surface area contributed by atoms with Gasteiger partial charge in [0, 0.05) is 32.8 Å². The molecule has 0 saturated carbocycles. The highest BCUT2D eigenvalue weighted by molar-refractivity contribution is 7.93. The summed E-state index contributed by atoms with van der Waals surface area (Å²) in [5.41, 5.74) is 0. The van der Waals surface area contributed by atoms with Crippen molar-refractivity contribution in [2.75, 3.05) is 33.5 Å². The SMILES string of the molecule is CO[C@@H]1OC(COS(=O)(=O)O)[C@@H](O[C@H]2C[C@H](O)[C@@H](O[C@@H]3OC(CO)[C@@H](O[C@H]4C[C@H](O)[C@@H](O[C@@H]5OC(CO)[C@@H](O[C@H]6C[C@H](O)[C@@H](O[C@@H]7OC(COS(=O)(=O)O)[C@@H](O[C@H]8C[C@H](O)[C@H](O)C(C)O8)[C@H](O)C7NSOOO)C(C)O6)[C@H](O)C5NSOOO)C(C)O4)[C@H](O)C3NSOOO)C(C)O2)[C@H](O)C1NSOOO. The first-order valence-corrected chi connectivity index (χ1v) is 37.6. The molecular formula is C49H88N4O47S6. The number of ether oxygens (including phenoxy) is 16. The van der Waals surface area contributed by atoms with Crippen molar-refractivity contribution in [2.24, 2.45) is 0 Å². The lowest BCUT2D eigenvalue weighted by atomic mass is 9.95. The van der Waals surface area contributed by atoms with Crippen LogP contribution >= 0.6 is 48.9 Å². The zero-order valence-corrected chi connectivity index (χ0v) is 60.6. The number of aliphatic hydroxyl groups is 11. The molecule has 0 bridgehead atoms. The number of aliphatic hydroxyl groups excluding tert-OH is 11. The van der Waals surface area contributed by atoms with E-state index in [2.05, 4.69) is 64.7 Å². The highest BCUT2D eigenvalue weighted by Crippen LogP contribution is 2.40. The monoisotopic (exact) mass is 1680 g/mol. The first kappa shape index (κ1) is 91.0. The quantitative estimate of drug-likeness (QED) is 0.00679. The predicted molar refractivity (Wildman–Crippen MR) is 332 cm³/mol. The van der Waals surface area contributed by atoms with E-state index in [1.165, 1.54) is 27.7 Å². The van der Waals surface area contributed by atoms with Gasteiger partial charge in [0.2, 0.25) is 0 Å². The molecule has 8 aliphatic rings. The molecule has 622 valence electrons. The van der Waals surface area contributed by atoms with Crippen LogP contribution in [-0.2, 0) is 142 Å². The van der Waals surface area contributed by atoms with Gasteiger partial charge in [-0.15, -0.1) is 17.3 Å². The Labute approximate surface area is 618 Å². The van der Waals surface area contributed by atoms with Crippen LogP contribution in [-0.4, -0.2) is 358 Å². The van der Waals surface area contributed by atoms with Crippen LogP contribution in [0.4, 0.5) is 0 Å². The second kappa shape index (κ2) is 42.9. The Hall–Kier alpha value is -0.580. The predicted octanol–water partition coefficient (Wildman–Crippen LogP) is -7.59. The molecule has 8 aliphatic heterocycles. The van der Waals surface area contributed by atoms with Crippen LogP contribution < -0.4 is 18.9 Å². The summed E-state index contributed by atoms with van der Waals surface area (Å²) in [5.74, 6) is 0. The molecule has 8 heterocycles. The molecule has 51 nitrogen and oxygen atoms in total. The van der Waals surface area contributed by atoms with Crippen LogP contribution in [0.2, 0.25) is 0 Å². The van der Waals surface area contributed by atoms with Gasteiger partial charge in [-0.05, 0) is 27.7 Å². The summed E-state index contributed by atoms with van der Waals surface area (Å²) in [4.78, 5) is 0. The molecule has 8 rings (SSSR count). The minimum atomic E-state index is -5.18. The topological polar surface area (TPSA) is 700 Å². The van der Waals surface area contributed by atoms with Crippen molar-refractivity contribution in [2.45, 2.75) is 274 Å². The molecule has 0 spiro atoms. The van der Waals surface area contributed by atoms with Crippen LogP contribution in [0.15, 0.2) is 0 Å². The summed E-state index contributed by atoms with van der Waals surface area (Å²) in [6.07, 6.45) is -50.4. The Morgan fingerprint density at radius 2 is 0.623 bits per heavy atom. The number of hydrogen-bond acceptors (Lipinski definition) is 53. The smallest absolute Gasteiger partial charge is 0.394 e. The molecule has 106 heavy (non-hydrogen) atoms. The summed E-state index contributed by atoms with van der Waals surface area (Å²) in [6, 6.07) is -5.89. The zero-order chi connectivity index (χ0) is 77.5. The molecule has 8 saturated heterocycles. The summed E-state index contributed by atoms with van der Waals surface area (Å²) in [7, 11) is -9.09. The number of nitrogens with one attached hydrogen (secondary N) is 4. The van der Waals surface area contributed by atoms with E-state index in [9.17, 15) is 82.1 Å². The Balaban J connectivity index is 0.890. The molecule has 0 radical (unpaired) electrons. The molecule has 36 atom stereocenters. The van der Waals surface area contributed by atoms with E-state index >= 15 is 0 Å². The van der Waals surface area contributed by atoms with Crippen molar-refractivity contribution in [3.05, 3.63) is 0 Å². The standard InChI is InChI=1S/C49H88N4O47S6/c1-14-34(60)18(56)6-26(78-14)88-45-25(13-77-106(72,73)74)85-49(33(38(45)64)53-104-100-96-68)92-41-17(4)80-28(8-20(41)58)87-43-23(11-55)82-47(31(36(43)62)51-102-98-94-66)90-39-15(2)79-27(7-19(39)57)86-42-22(10-54)83-48(32(37(42)63)52-103-99-95-67)91-40-16(3)81-29(9-21(40)59)89-44-24(12-76-105(69,70)71)84-46(75-5)30(35(44)61)50-101-97-93-65/h14-68H,6-13H2,1-5H3,(H,69,70,71)(H,72,73,74)/t14?,15?,16?,17?,18-,19-,20-,21-,22?,23?,24?,25?,26-,27-,28-,29-,30?,31?,32?,33?,34+,35+,36+,37+,38+,39-,40-,41-,42+,43+,44+,45+,46+,47-,48-,49-/m0/s1. The Morgan fingerprint density at radius 3 is 0.887 bits per heavy atom. The van der Waals surface area contributed by atoms with Crippen LogP contribution in [0, 0.1) is 0 Å². The molecule has 0 amide bonds. The molecule has 57 heteroatoms. The molecule has 0 aromatic rings. The Bertz CT molecular complexity index is 2750. The molecule has 8 fully saturated rings. The summed E-state index contributed by atoms with van der Waals surface area (Å²) < 4.78 is 198. The number of hydrogen-bond donors (Lipinski definition) is 21. The average Bonchev–Trinajstić information content (AvgIpc) is 0.795. The maximum atomic E-state index is 12.1. The molecule has 21 N–H and O–H groups in total. The minimum absolute atomic E-state index is 0.178. The van der Waals surface area contributed by atoms with Gasteiger partial charge in [-0.1, -0.05) is 20.2 Å². The molecule has 0 aromatic heterocycles. The number of rotatable bonds is 39. The van der Waals surface area contributed by atoms with Gasteiger partial charge in [-0.25, -0.2) is 48.3 Å². The van der Waals surface area contributed by atoms with E-state index in [1.807, 2.05) is 0 Å². The highest BCUT2D eigenvalue weighted by Gasteiger charge is 2.57. The van der Waals surface area contributed by atoms with Crippen molar-refractivity contribution >= 4 is 69.7 Å².